The average molecular weight is 692 g/mol. The van der Waals surface area contributed by atoms with Crippen LogP contribution >= 0.6 is 11.6 Å². The smallest absolute Gasteiger partial charge is 0.264 e. The maximum absolute atomic E-state index is 14.7. The fraction of sp³-hybridized carbons (Fsp3) is 0.297. The number of benzene rings is 4. The molecule has 0 aliphatic heterocycles. The second-order valence-electron chi connectivity index (χ2n) is 12.0. The van der Waals surface area contributed by atoms with E-state index < -0.39 is 34.3 Å². The molecule has 0 heterocycles. The van der Waals surface area contributed by atoms with Crippen molar-refractivity contribution in [3.63, 3.8) is 0 Å². The molecule has 5 rings (SSSR count). The predicted octanol–water partition coefficient (Wildman–Crippen LogP) is 6.69. The van der Waals surface area contributed by atoms with Crippen LogP contribution in [-0.4, -0.2) is 50.9 Å². The number of amides is 2. The van der Waals surface area contributed by atoms with Gasteiger partial charge < -0.3 is 15.0 Å². The first-order valence-corrected chi connectivity index (χ1v) is 17.7. The Bertz CT molecular complexity index is 1820. The molecule has 2 amide bonds. The number of rotatable bonds is 13. The largest absolute Gasteiger partial charge is 0.495 e. The van der Waals surface area contributed by atoms with E-state index in [-0.39, 0.29) is 46.3 Å². The van der Waals surface area contributed by atoms with Crippen molar-refractivity contribution in [2.24, 2.45) is 0 Å². The quantitative estimate of drug-likeness (QED) is 0.169. The van der Waals surface area contributed by atoms with Gasteiger partial charge in [0.05, 0.1) is 17.7 Å². The molecule has 1 aliphatic carbocycles. The minimum absolute atomic E-state index is 0.0207. The van der Waals surface area contributed by atoms with Crippen molar-refractivity contribution in [1.29, 1.82) is 0 Å². The Kier molecular flexibility index (Phi) is 11.4. The minimum atomic E-state index is -4.35. The number of methoxy groups -OCH3 is 1. The minimum Gasteiger partial charge on any atom is -0.495 e. The monoisotopic (exact) mass is 691 g/mol. The van der Waals surface area contributed by atoms with Crippen molar-refractivity contribution < 1.29 is 27.1 Å². The van der Waals surface area contributed by atoms with Gasteiger partial charge in [0, 0.05) is 24.0 Å². The van der Waals surface area contributed by atoms with Gasteiger partial charge in [-0.1, -0.05) is 84.6 Å². The average Bonchev–Trinajstić information content (AvgIpc) is 3.59. The van der Waals surface area contributed by atoms with Gasteiger partial charge in [-0.2, -0.15) is 0 Å². The molecule has 8 nitrogen and oxygen atoms in total. The number of hydrogen-bond acceptors (Lipinski definition) is 5. The SMILES string of the molecule is COc1ccc(Cl)cc1N(CC(=O)N(Cc1ccc(F)cc1)[C@H](Cc1ccccc1)C(=O)NC1CCCC1)S(=O)(=O)c1ccc(C)cc1. The summed E-state index contributed by atoms with van der Waals surface area (Å²) in [7, 11) is -2.96. The number of hydrogen-bond donors (Lipinski definition) is 1. The van der Waals surface area contributed by atoms with Gasteiger partial charge in [-0.15, -0.1) is 0 Å². The summed E-state index contributed by atoms with van der Waals surface area (Å²) in [4.78, 5) is 30.1. The molecule has 4 aromatic carbocycles. The third-order valence-electron chi connectivity index (χ3n) is 8.54. The lowest BCUT2D eigenvalue weighted by molar-refractivity contribution is -0.140. The second-order valence-corrected chi connectivity index (χ2v) is 14.3. The molecule has 0 saturated heterocycles. The van der Waals surface area contributed by atoms with Crippen LogP contribution in [0.4, 0.5) is 10.1 Å². The van der Waals surface area contributed by atoms with E-state index in [1.165, 1.54) is 48.4 Å². The zero-order valence-electron chi connectivity index (χ0n) is 26.9. The molecular weight excluding hydrogens is 653 g/mol. The fourth-order valence-electron chi connectivity index (χ4n) is 5.92. The van der Waals surface area contributed by atoms with Crippen LogP contribution in [0.2, 0.25) is 5.02 Å². The summed E-state index contributed by atoms with van der Waals surface area (Å²) in [5.74, 6) is -1.23. The van der Waals surface area contributed by atoms with E-state index in [1.807, 2.05) is 37.3 Å². The van der Waals surface area contributed by atoms with Crippen molar-refractivity contribution in [1.82, 2.24) is 10.2 Å². The molecule has 1 atom stereocenters. The number of ether oxygens (including phenoxy) is 1. The number of sulfonamides is 1. The lowest BCUT2D eigenvalue weighted by atomic mass is 10.0. The predicted molar refractivity (Wildman–Crippen MR) is 185 cm³/mol. The molecule has 0 bridgehead atoms. The van der Waals surface area contributed by atoms with Gasteiger partial charge in [-0.25, -0.2) is 12.8 Å². The van der Waals surface area contributed by atoms with Gasteiger partial charge in [-0.05, 0) is 73.4 Å². The molecule has 1 aliphatic rings. The van der Waals surface area contributed by atoms with Gasteiger partial charge in [-0.3, -0.25) is 13.9 Å². The summed E-state index contributed by atoms with van der Waals surface area (Å²) in [6.45, 7) is 1.10. The first-order chi connectivity index (χ1) is 23.0. The maximum Gasteiger partial charge on any atom is 0.264 e. The Labute approximate surface area is 286 Å². The molecule has 0 unspecified atom stereocenters. The van der Waals surface area contributed by atoms with Crippen LogP contribution in [-0.2, 0) is 32.6 Å². The third kappa shape index (κ3) is 8.54. The van der Waals surface area contributed by atoms with E-state index in [0.29, 0.717) is 5.56 Å². The molecule has 0 spiro atoms. The number of nitrogens with one attached hydrogen (secondary N) is 1. The number of carbonyl (C=O) groups excluding carboxylic acids is 2. The second kappa shape index (κ2) is 15.7. The highest BCUT2D eigenvalue weighted by Crippen LogP contribution is 2.35. The van der Waals surface area contributed by atoms with E-state index in [4.69, 9.17) is 16.3 Å². The Morgan fingerprint density at radius 3 is 2.25 bits per heavy atom. The van der Waals surface area contributed by atoms with E-state index in [9.17, 15) is 22.4 Å². The molecule has 0 aromatic heterocycles. The summed E-state index contributed by atoms with van der Waals surface area (Å²) >= 11 is 6.36. The molecule has 4 aromatic rings. The summed E-state index contributed by atoms with van der Waals surface area (Å²) < 4.78 is 49.1. The van der Waals surface area contributed by atoms with Crippen LogP contribution in [0, 0.1) is 12.7 Å². The number of nitrogens with zero attached hydrogens (tertiary/aromatic N) is 2. The topological polar surface area (TPSA) is 96.0 Å². The Morgan fingerprint density at radius 1 is 0.938 bits per heavy atom. The van der Waals surface area contributed by atoms with Crippen molar-refractivity contribution >= 4 is 39.1 Å². The number of halogens is 2. The molecule has 48 heavy (non-hydrogen) atoms. The highest BCUT2D eigenvalue weighted by molar-refractivity contribution is 7.92. The summed E-state index contributed by atoms with van der Waals surface area (Å²) in [6, 6.07) is 24.8. The van der Waals surface area contributed by atoms with Gasteiger partial charge in [0.25, 0.3) is 10.0 Å². The van der Waals surface area contributed by atoms with Crippen molar-refractivity contribution in [3.05, 3.63) is 125 Å². The van der Waals surface area contributed by atoms with Gasteiger partial charge in [0.2, 0.25) is 11.8 Å². The number of carbonyl (C=O) groups is 2. The maximum atomic E-state index is 14.7. The van der Waals surface area contributed by atoms with Crippen LogP contribution < -0.4 is 14.4 Å². The van der Waals surface area contributed by atoms with E-state index in [0.717, 1.165) is 41.1 Å². The van der Waals surface area contributed by atoms with Crippen LogP contribution in [0.15, 0.2) is 102 Å². The van der Waals surface area contributed by atoms with E-state index in [1.54, 1.807) is 30.3 Å². The third-order valence-corrected chi connectivity index (χ3v) is 10.5. The first-order valence-electron chi connectivity index (χ1n) is 15.9. The van der Waals surface area contributed by atoms with Crippen LogP contribution in [0.3, 0.4) is 0 Å². The van der Waals surface area contributed by atoms with Gasteiger partial charge in [0.1, 0.15) is 24.2 Å². The first kappa shape index (κ1) is 34.9. The number of aryl methyl sites for hydroxylation is 1. The Morgan fingerprint density at radius 2 is 1.60 bits per heavy atom. The Hall–Kier alpha value is -4.41. The zero-order chi connectivity index (χ0) is 34.3. The molecular formula is C37H39ClFN3O5S. The molecule has 252 valence electrons. The van der Waals surface area contributed by atoms with Crippen molar-refractivity contribution in [3.8, 4) is 5.75 Å². The highest BCUT2D eigenvalue weighted by atomic mass is 35.5. The lowest BCUT2D eigenvalue weighted by Crippen LogP contribution is -2.54. The summed E-state index contributed by atoms with van der Waals surface area (Å²) in [5.41, 5.74) is 2.32. The van der Waals surface area contributed by atoms with Crippen LogP contribution in [0.5, 0.6) is 5.75 Å². The lowest BCUT2D eigenvalue weighted by Gasteiger charge is -2.34. The Balaban J connectivity index is 1.60. The van der Waals surface area contributed by atoms with Crippen LogP contribution in [0.25, 0.3) is 0 Å². The molecule has 1 saturated carbocycles. The standard InChI is InChI=1S/C37H39ClFN3O5S/c1-26-12-19-32(20-13-26)48(45,46)42(33-23-29(38)16-21-35(33)47-2)25-36(43)41(24-28-14-17-30(39)18-15-28)34(22-27-8-4-3-5-9-27)37(44)40-31-10-6-7-11-31/h3-5,8-9,12-21,23,31,34H,6-7,10-11,22,24-25H2,1-2H3,(H,40,44)/t34-/m1/s1. The molecule has 1 fully saturated rings. The van der Waals surface area contributed by atoms with Gasteiger partial charge >= 0.3 is 0 Å². The van der Waals surface area contributed by atoms with Gasteiger partial charge in [0.15, 0.2) is 0 Å². The fourth-order valence-corrected chi connectivity index (χ4v) is 7.50. The molecule has 0 radical (unpaired) electrons. The van der Waals surface area contributed by atoms with E-state index in [2.05, 4.69) is 5.32 Å². The summed E-state index contributed by atoms with van der Waals surface area (Å²) in [5, 5.41) is 3.38. The number of anilines is 1. The van der Waals surface area contributed by atoms with E-state index >= 15 is 0 Å². The molecule has 1 N–H and O–H groups in total. The zero-order valence-corrected chi connectivity index (χ0v) is 28.5. The highest BCUT2D eigenvalue weighted by Gasteiger charge is 2.36. The summed E-state index contributed by atoms with van der Waals surface area (Å²) in [6.07, 6.45) is 3.86. The van der Waals surface area contributed by atoms with Crippen LogP contribution in [0.1, 0.15) is 42.4 Å². The normalized spacial score (nSPS) is 13.9. The van der Waals surface area contributed by atoms with Crippen molar-refractivity contribution in [2.45, 2.75) is 62.6 Å². The molecule has 11 heteroatoms. The van der Waals surface area contributed by atoms with Crippen molar-refractivity contribution in [2.75, 3.05) is 18.0 Å².